The molecule has 3 saturated heterocycles. The first kappa shape index (κ1) is 63.9. The highest BCUT2D eigenvalue weighted by Crippen LogP contribution is 2.32. The summed E-state index contributed by atoms with van der Waals surface area (Å²) in [6, 6.07) is -0.795. The summed E-state index contributed by atoms with van der Waals surface area (Å²) in [5, 5.41) is 81.7. The van der Waals surface area contributed by atoms with Crippen molar-refractivity contribution in [1.82, 2.24) is 56.1 Å². The molecule has 1 aromatic heterocycles. The molecule has 0 aliphatic carbocycles. The van der Waals surface area contributed by atoms with E-state index in [9.17, 15) is 87.8 Å². The van der Waals surface area contributed by atoms with Crippen molar-refractivity contribution in [1.29, 1.82) is 5.26 Å². The molecule has 3 fully saturated rings. The molecule has 434 valence electrons. The second-order valence-corrected chi connectivity index (χ2v) is 19.6. The molecule has 4 rings (SSSR count). The molecule has 3 unspecified atom stereocenters. The first-order chi connectivity index (χ1) is 36.9. The molecule has 0 saturated carbocycles. The van der Waals surface area contributed by atoms with Crippen molar-refractivity contribution in [2.75, 3.05) is 98.2 Å². The summed E-state index contributed by atoms with van der Waals surface area (Å²) in [6.45, 7) is 1.50. The summed E-state index contributed by atoms with van der Waals surface area (Å²) in [7, 11) is 0. The van der Waals surface area contributed by atoms with Gasteiger partial charge in [0.05, 0.1) is 69.8 Å². The first-order valence-corrected chi connectivity index (χ1v) is 25.5. The summed E-state index contributed by atoms with van der Waals surface area (Å²) in [6.07, 6.45) is -3.88. The minimum absolute atomic E-state index is 0.0161. The number of nitrogens with zero attached hydrogens (tertiary/aromatic N) is 7. The van der Waals surface area contributed by atoms with Gasteiger partial charge in [-0.1, -0.05) is 6.92 Å². The number of ether oxygens (including phenoxy) is 1. The molecular formula is C48H72F2N12O16. The van der Waals surface area contributed by atoms with E-state index in [1.807, 2.05) is 0 Å². The van der Waals surface area contributed by atoms with Gasteiger partial charge in [0.25, 0.3) is 11.8 Å². The van der Waals surface area contributed by atoms with Gasteiger partial charge in [0, 0.05) is 95.8 Å². The number of carboxylic acids is 3. The number of nitriles is 1. The van der Waals surface area contributed by atoms with Gasteiger partial charge in [-0.15, -0.1) is 0 Å². The largest absolute Gasteiger partial charge is 0.480 e. The predicted molar refractivity (Wildman–Crippen MR) is 265 cm³/mol. The summed E-state index contributed by atoms with van der Waals surface area (Å²) in [5.74, 6) is -11.6. The maximum absolute atomic E-state index is 13.9. The monoisotopic (exact) mass is 1110 g/mol. The number of aromatic nitrogens is 1. The Bertz CT molecular complexity index is 2260. The van der Waals surface area contributed by atoms with E-state index in [2.05, 4.69) is 31.6 Å². The zero-order valence-corrected chi connectivity index (χ0v) is 43.6. The SMILES string of the molecule is CC(NC(=O)c1ccnc(CNC(=O)CCC(=O)NC(CCCCNC(=O)CN2CCN(CC(=O)O)CCN(CC(=O)O)CCN(CC(=O)O)CC2)C(=O)N[C@@H]2[C@@H](O)[C@H](C)C(O)O[C@H]2CO)c1)C(=O)N1CC(F)(F)C[C@H]1C#N. The van der Waals surface area contributed by atoms with E-state index in [1.165, 1.54) is 32.2 Å². The van der Waals surface area contributed by atoms with Crippen LogP contribution in [0.25, 0.3) is 0 Å². The maximum Gasteiger partial charge on any atom is 0.317 e. The molecular weight excluding hydrogens is 1040 g/mol. The van der Waals surface area contributed by atoms with Gasteiger partial charge in [-0.3, -0.25) is 67.7 Å². The van der Waals surface area contributed by atoms with Crippen molar-refractivity contribution in [3.8, 4) is 6.07 Å². The van der Waals surface area contributed by atoms with Gasteiger partial charge >= 0.3 is 17.9 Å². The van der Waals surface area contributed by atoms with E-state index in [4.69, 9.17) is 4.74 Å². The highest BCUT2D eigenvalue weighted by Gasteiger charge is 2.48. The number of aliphatic hydroxyl groups is 3. The number of pyridine rings is 1. The Hall–Kier alpha value is -6.59. The Morgan fingerprint density at radius 1 is 0.808 bits per heavy atom. The third kappa shape index (κ3) is 21.3. The number of carbonyl (C=O) groups is 9. The molecule has 3 aliphatic rings. The highest BCUT2D eigenvalue weighted by atomic mass is 19.3. The number of halogens is 2. The van der Waals surface area contributed by atoms with Crippen molar-refractivity contribution in [3.63, 3.8) is 0 Å². The summed E-state index contributed by atoms with van der Waals surface area (Å²) in [4.78, 5) is 125. The van der Waals surface area contributed by atoms with Crippen LogP contribution in [0, 0.1) is 17.2 Å². The second-order valence-electron chi connectivity index (χ2n) is 19.6. The van der Waals surface area contributed by atoms with Gasteiger partial charge < -0.3 is 66.9 Å². The third-order valence-electron chi connectivity index (χ3n) is 13.4. The van der Waals surface area contributed by atoms with Crippen LogP contribution in [0.3, 0.4) is 0 Å². The van der Waals surface area contributed by atoms with Crippen LogP contribution < -0.4 is 26.6 Å². The van der Waals surface area contributed by atoms with Crippen LogP contribution in [-0.4, -0.2) is 260 Å². The van der Waals surface area contributed by atoms with Crippen LogP contribution in [0.2, 0.25) is 0 Å². The molecule has 78 heavy (non-hydrogen) atoms. The minimum Gasteiger partial charge on any atom is -0.480 e. The van der Waals surface area contributed by atoms with Crippen molar-refractivity contribution >= 4 is 53.4 Å². The van der Waals surface area contributed by atoms with Crippen LogP contribution in [0.15, 0.2) is 18.3 Å². The average molecular weight is 1110 g/mol. The number of hydrogen-bond donors (Lipinski definition) is 11. The zero-order chi connectivity index (χ0) is 57.7. The predicted octanol–water partition coefficient (Wildman–Crippen LogP) is -4.21. The summed E-state index contributed by atoms with van der Waals surface area (Å²) >= 11 is 0. The lowest BCUT2D eigenvalue weighted by atomic mass is 9.90. The lowest BCUT2D eigenvalue weighted by Crippen LogP contribution is -2.63. The zero-order valence-electron chi connectivity index (χ0n) is 43.6. The highest BCUT2D eigenvalue weighted by molar-refractivity contribution is 5.97. The number of unbranched alkanes of at least 4 members (excludes halogenated alkanes) is 1. The van der Waals surface area contributed by atoms with Crippen LogP contribution in [-0.2, 0) is 49.6 Å². The lowest BCUT2D eigenvalue weighted by Gasteiger charge is -2.42. The number of hydrogen-bond acceptors (Lipinski definition) is 19. The fourth-order valence-corrected chi connectivity index (χ4v) is 8.96. The Morgan fingerprint density at radius 2 is 1.36 bits per heavy atom. The van der Waals surface area contributed by atoms with Crippen molar-refractivity contribution in [2.45, 2.75) is 108 Å². The molecule has 28 nitrogen and oxygen atoms in total. The van der Waals surface area contributed by atoms with E-state index in [1.54, 1.807) is 25.7 Å². The Morgan fingerprint density at radius 3 is 1.90 bits per heavy atom. The van der Waals surface area contributed by atoms with E-state index in [0.29, 0.717) is 0 Å². The van der Waals surface area contributed by atoms with E-state index < -0.39 is 134 Å². The van der Waals surface area contributed by atoms with Gasteiger partial charge in [0.2, 0.25) is 29.5 Å². The average Bonchev–Trinajstić information content (AvgIpc) is 3.73. The molecule has 4 heterocycles. The number of nitrogens with one attached hydrogen (secondary N) is 5. The molecule has 11 N–H and O–H groups in total. The summed E-state index contributed by atoms with van der Waals surface area (Å²) in [5.41, 5.74) is 0.215. The topological polar surface area (TPSA) is 397 Å². The number of rotatable bonds is 25. The Kier molecular flexibility index (Phi) is 25.5. The third-order valence-corrected chi connectivity index (χ3v) is 13.4. The molecule has 0 bridgehead atoms. The number of alkyl halides is 2. The smallest absolute Gasteiger partial charge is 0.317 e. The molecule has 30 heteroatoms. The number of amides is 6. The number of likely N-dealkylation sites (tertiary alicyclic amines) is 1. The van der Waals surface area contributed by atoms with Gasteiger partial charge in [-0.2, -0.15) is 5.26 Å². The number of aliphatic carboxylic acids is 3. The fourth-order valence-electron chi connectivity index (χ4n) is 8.96. The van der Waals surface area contributed by atoms with E-state index in [0.717, 1.165) is 4.90 Å². The lowest BCUT2D eigenvalue weighted by molar-refractivity contribution is -0.238. The molecule has 3 aliphatic heterocycles. The van der Waals surface area contributed by atoms with Crippen LogP contribution >= 0.6 is 0 Å². The van der Waals surface area contributed by atoms with Crippen LogP contribution in [0.1, 0.15) is 68.4 Å². The molecule has 0 aromatic carbocycles. The van der Waals surface area contributed by atoms with Crippen LogP contribution in [0.4, 0.5) is 8.78 Å². The standard InChI is InChI=1S/C48H72F2N12O16/c1-29-43(73)42(35(27-63)78-47(29)77)57-45(75)34(5-3-4-9-53-38(66)23-58-11-13-59(24-39(67)68)15-17-61(26-41(71)72)18-16-60(14-12-58)25-40(69)70)56-37(65)7-6-36(64)54-22-32-19-31(8-10-52-32)44(74)55-30(2)46(76)62-28-48(49,50)20-33(62)21-51/h8,10,19,29-30,33-35,42-43,47,63,73,77H,3-7,9,11-18,20,22-28H2,1-2H3,(H,53,66)(H,54,64)(H,55,74)(H,56,65)(H,57,75)(H,67,68)(H,69,70)(H,71,72)/t29-,30?,33-,34?,35-,42-,43-,47?/m0/s1. The minimum atomic E-state index is -3.25. The van der Waals surface area contributed by atoms with Crippen molar-refractivity contribution in [3.05, 3.63) is 29.6 Å². The number of carboxylic acid groups (broad SMARTS) is 3. The van der Waals surface area contributed by atoms with Crippen molar-refractivity contribution in [2.24, 2.45) is 5.92 Å². The van der Waals surface area contributed by atoms with E-state index >= 15 is 0 Å². The Balaban J connectivity index is 1.32. The van der Waals surface area contributed by atoms with Gasteiger partial charge in [0.15, 0.2) is 6.29 Å². The molecule has 1 aromatic rings. The van der Waals surface area contributed by atoms with Gasteiger partial charge in [-0.25, -0.2) is 8.78 Å². The number of aliphatic hydroxyl groups excluding tert-OH is 3. The van der Waals surface area contributed by atoms with Gasteiger partial charge in [0.1, 0.15) is 24.2 Å². The van der Waals surface area contributed by atoms with Crippen molar-refractivity contribution < 1.29 is 87.3 Å². The second kappa shape index (κ2) is 31.1. The van der Waals surface area contributed by atoms with Crippen LogP contribution in [0.5, 0.6) is 0 Å². The summed E-state index contributed by atoms with van der Waals surface area (Å²) < 4.78 is 33.2. The van der Waals surface area contributed by atoms with E-state index in [-0.39, 0.29) is 129 Å². The first-order valence-electron chi connectivity index (χ1n) is 25.5. The Labute approximate surface area is 448 Å². The molecule has 0 spiro atoms. The quantitative estimate of drug-likeness (QED) is 0.0414. The maximum atomic E-state index is 13.9. The fraction of sp³-hybridized carbons (Fsp3) is 0.688. The molecule has 0 radical (unpaired) electrons. The molecule has 6 amide bonds. The normalized spacial score (nSPS) is 23.5. The van der Waals surface area contributed by atoms with Gasteiger partial charge in [-0.05, 0) is 38.3 Å². The molecule has 8 atom stereocenters. The number of carbonyl (C=O) groups excluding carboxylic acids is 6.